The van der Waals surface area contributed by atoms with E-state index in [4.69, 9.17) is 0 Å². The maximum absolute atomic E-state index is 12.9. The van der Waals surface area contributed by atoms with Gasteiger partial charge in [0.25, 0.3) is 11.8 Å². The molecule has 1 fully saturated rings. The van der Waals surface area contributed by atoms with Crippen molar-refractivity contribution in [1.29, 1.82) is 0 Å². The highest BCUT2D eigenvalue weighted by atomic mass is 32.1. The molecule has 4 rings (SSSR count). The van der Waals surface area contributed by atoms with Gasteiger partial charge in [0.15, 0.2) is 0 Å². The van der Waals surface area contributed by atoms with Crippen LogP contribution in [0.3, 0.4) is 0 Å². The Morgan fingerprint density at radius 2 is 1.86 bits per heavy atom. The second kappa shape index (κ2) is 7.71. The molecular weight excluding hydrogens is 388 g/mol. The largest absolute Gasteiger partial charge is 0.357 e. The lowest BCUT2D eigenvalue weighted by molar-refractivity contribution is -0.128. The van der Waals surface area contributed by atoms with E-state index in [1.807, 2.05) is 35.7 Å². The van der Waals surface area contributed by atoms with Gasteiger partial charge in [-0.05, 0) is 36.4 Å². The lowest BCUT2D eigenvalue weighted by atomic mass is 9.86. The van der Waals surface area contributed by atoms with E-state index in [1.54, 1.807) is 24.1 Å². The van der Waals surface area contributed by atoms with Gasteiger partial charge in [0, 0.05) is 31.0 Å². The van der Waals surface area contributed by atoms with Crippen molar-refractivity contribution < 1.29 is 14.4 Å². The summed E-state index contributed by atoms with van der Waals surface area (Å²) < 4.78 is 0. The molecule has 7 nitrogen and oxygen atoms in total. The molecule has 3 N–H and O–H groups in total. The highest BCUT2D eigenvalue weighted by Gasteiger charge is 2.43. The van der Waals surface area contributed by atoms with Crippen molar-refractivity contribution in [3.8, 4) is 0 Å². The lowest BCUT2D eigenvalue weighted by Crippen LogP contribution is -2.63. The summed E-state index contributed by atoms with van der Waals surface area (Å²) in [5, 5.41) is 8.40. The van der Waals surface area contributed by atoms with E-state index >= 15 is 0 Å². The average Bonchev–Trinajstić information content (AvgIpc) is 3.43. The van der Waals surface area contributed by atoms with Gasteiger partial charge in [-0.2, -0.15) is 0 Å². The predicted molar refractivity (Wildman–Crippen MR) is 112 cm³/mol. The van der Waals surface area contributed by atoms with Gasteiger partial charge in [0.05, 0.1) is 4.88 Å². The number of amides is 3. The topological polar surface area (TPSA) is 94.3 Å². The van der Waals surface area contributed by atoms with Crippen LogP contribution in [0.4, 0.5) is 0 Å². The van der Waals surface area contributed by atoms with Crippen LogP contribution in [0.5, 0.6) is 0 Å². The number of hydrogen-bond donors (Lipinski definition) is 3. The van der Waals surface area contributed by atoms with E-state index < -0.39 is 5.54 Å². The Bertz CT molecular complexity index is 1020. The number of fused-ring (bicyclic) bond motifs is 1. The standard InChI is InChI=1S/C21H22N4O3S/c1-22-20(28)21(8-10-25(11-9-21)19(27)17-7-4-12-29-17)24-18(26)16-13-14-5-2-3-6-15(14)23-16/h2-7,12-13,23H,8-11H2,1H3,(H,22,28)(H,24,26). The Hall–Kier alpha value is -3.13. The summed E-state index contributed by atoms with van der Waals surface area (Å²) >= 11 is 1.40. The summed E-state index contributed by atoms with van der Waals surface area (Å²) in [5.41, 5.74) is 0.226. The molecule has 29 heavy (non-hydrogen) atoms. The van der Waals surface area contributed by atoms with Crippen LogP contribution >= 0.6 is 11.3 Å². The van der Waals surface area contributed by atoms with E-state index in [9.17, 15) is 14.4 Å². The van der Waals surface area contributed by atoms with Gasteiger partial charge >= 0.3 is 0 Å². The molecule has 0 atom stereocenters. The van der Waals surface area contributed by atoms with E-state index in [-0.39, 0.29) is 17.7 Å². The Morgan fingerprint density at radius 3 is 2.52 bits per heavy atom. The maximum atomic E-state index is 12.9. The maximum Gasteiger partial charge on any atom is 0.268 e. The number of rotatable bonds is 4. The number of aromatic amines is 1. The first-order valence-electron chi connectivity index (χ1n) is 9.48. The van der Waals surface area contributed by atoms with Crippen molar-refractivity contribution in [2.45, 2.75) is 18.4 Å². The number of carbonyl (C=O) groups is 3. The smallest absolute Gasteiger partial charge is 0.268 e. The van der Waals surface area contributed by atoms with E-state index in [2.05, 4.69) is 15.6 Å². The normalized spacial score (nSPS) is 15.8. The Balaban J connectivity index is 1.51. The number of para-hydroxylation sites is 1. The fraction of sp³-hybridized carbons (Fsp3) is 0.286. The molecule has 0 unspecified atom stereocenters. The molecule has 1 aliphatic rings. The molecule has 8 heteroatoms. The van der Waals surface area contributed by atoms with E-state index in [0.717, 1.165) is 10.9 Å². The predicted octanol–water partition coefficient (Wildman–Crippen LogP) is 2.38. The van der Waals surface area contributed by atoms with Crippen molar-refractivity contribution in [2.24, 2.45) is 0 Å². The number of aromatic nitrogens is 1. The number of thiophene rings is 1. The number of benzene rings is 1. The number of nitrogens with zero attached hydrogens (tertiary/aromatic N) is 1. The summed E-state index contributed by atoms with van der Waals surface area (Å²) in [6.45, 7) is 0.800. The molecule has 0 saturated carbocycles. The van der Waals surface area contributed by atoms with Crippen molar-refractivity contribution in [3.05, 3.63) is 58.4 Å². The van der Waals surface area contributed by atoms with E-state index in [1.165, 1.54) is 11.3 Å². The van der Waals surface area contributed by atoms with Crippen molar-refractivity contribution in [2.75, 3.05) is 20.1 Å². The Kier molecular flexibility index (Phi) is 5.10. The summed E-state index contributed by atoms with van der Waals surface area (Å²) in [6, 6.07) is 13.0. The van der Waals surface area contributed by atoms with Crippen LogP contribution in [0.1, 0.15) is 33.0 Å². The number of carbonyl (C=O) groups excluding carboxylic acids is 3. The number of hydrogen-bond acceptors (Lipinski definition) is 4. The summed E-state index contributed by atoms with van der Waals surface area (Å²) in [6.07, 6.45) is 0.714. The molecule has 0 radical (unpaired) electrons. The molecule has 1 saturated heterocycles. The molecule has 1 aliphatic heterocycles. The van der Waals surface area contributed by atoms with Gasteiger partial charge < -0.3 is 20.5 Å². The third-order valence-electron chi connectivity index (χ3n) is 5.43. The zero-order chi connectivity index (χ0) is 20.4. The Morgan fingerprint density at radius 1 is 1.10 bits per heavy atom. The number of likely N-dealkylation sites (tertiary alicyclic amines) is 1. The van der Waals surface area contributed by atoms with Crippen LogP contribution < -0.4 is 10.6 Å². The van der Waals surface area contributed by atoms with E-state index in [0.29, 0.717) is 36.5 Å². The molecule has 150 valence electrons. The van der Waals surface area contributed by atoms with Crippen molar-refractivity contribution >= 4 is 40.0 Å². The van der Waals surface area contributed by atoms with Crippen LogP contribution in [0.15, 0.2) is 47.8 Å². The molecule has 3 heterocycles. The van der Waals surface area contributed by atoms with Crippen LogP contribution in [0.2, 0.25) is 0 Å². The molecule has 0 spiro atoms. The van der Waals surface area contributed by atoms with Gasteiger partial charge in [-0.3, -0.25) is 14.4 Å². The average molecular weight is 410 g/mol. The zero-order valence-electron chi connectivity index (χ0n) is 16.0. The monoisotopic (exact) mass is 410 g/mol. The van der Waals surface area contributed by atoms with Gasteiger partial charge in [-0.1, -0.05) is 24.3 Å². The van der Waals surface area contributed by atoms with Gasteiger partial charge in [0.1, 0.15) is 11.2 Å². The quantitative estimate of drug-likeness (QED) is 0.616. The highest BCUT2D eigenvalue weighted by molar-refractivity contribution is 7.12. The molecule has 2 aromatic heterocycles. The zero-order valence-corrected chi connectivity index (χ0v) is 16.8. The minimum absolute atomic E-state index is 0.0348. The first-order valence-corrected chi connectivity index (χ1v) is 10.4. The van der Waals surface area contributed by atoms with Gasteiger partial charge in [-0.25, -0.2) is 0 Å². The lowest BCUT2D eigenvalue weighted by Gasteiger charge is -2.40. The SMILES string of the molecule is CNC(=O)C1(NC(=O)c2cc3ccccc3[nH]2)CCN(C(=O)c2cccs2)CC1. The molecule has 0 aliphatic carbocycles. The minimum atomic E-state index is -1.05. The number of nitrogens with one attached hydrogen (secondary N) is 3. The Labute approximate surface area is 172 Å². The number of H-pyrrole nitrogens is 1. The molecule has 3 amide bonds. The van der Waals surface area contributed by atoms with Gasteiger partial charge in [0.2, 0.25) is 5.91 Å². The second-order valence-electron chi connectivity index (χ2n) is 7.16. The van der Waals surface area contributed by atoms with Crippen LogP contribution in [0, 0.1) is 0 Å². The van der Waals surface area contributed by atoms with Gasteiger partial charge in [-0.15, -0.1) is 11.3 Å². The van der Waals surface area contributed by atoms with Crippen molar-refractivity contribution in [3.63, 3.8) is 0 Å². The van der Waals surface area contributed by atoms with Crippen molar-refractivity contribution in [1.82, 2.24) is 20.5 Å². The summed E-state index contributed by atoms with van der Waals surface area (Å²) in [7, 11) is 1.56. The van der Waals surface area contributed by atoms with Crippen LogP contribution in [-0.4, -0.2) is 53.3 Å². The molecular formula is C21H22N4O3S. The number of likely N-dealkylation sites (N-methyl/N-ethyl adjacent to an activating group) is 1. The minimum Gasteiger partial charge on any atom is -0.357 e. The third kappa shape index (κ3) is 3.63. The molecule has 1 aromatic carbocycles. The van der Waals surface area contributed by atoms with Crippen LogP contribution in [0.25, 0.3) is 10.9 Å². The molecule has 0 bridgehead atoms. The highest BCUT2D eigenvalue weighted by Crippen LogP contribution is 2.26. The second-order valence-corrected chi connectivity index (χ2v) is 8.10. The first-order chi connectivity index (χ1) is 14.0. The van der Waals surface area contributed by atoms with Crippen LogP contribution in [-0.2, 0) is 4.79 Å². The summed E-state index contributed by atoms with van der Waals surface area (Å²) in [4.78, 5) is 43.7. The fourth-order valence-corrected chi connectivity index (χ4v) is 4.47. The third-order valence-corrected chi connectivity index (χ3v) is 6.28. The number of piperidine rings is 1. The summed E-state index contributed by atoms with van der Waals surface area (Å²) in [5.74, 6) is -0.611. The first kappa shape index (κ1) is 19.2. The fourth-order valence-electron chi connectivity index (χ4n) is 3.78. The molecule has 3 aromatic rings.